The van der Waals surface area contributed by atoms with E-state index >= 15 is 0 Å². The smallest absolute Gasteiger partial charge is 0.234 e. The molecule has 1 N–H and O–H groups in total. The highest BCUT2D eigenvalue weighted by molar-refractivity contribution is 7.99. The van der Waals surface area contributed by atoms with Crippen LogP contribution in [0, 0.1) is 6.92 Å². The third-order valence-electron chi connectivity index (χ3n) is 3.90. The molecule has 3 aromatic rings. The molecule has 1 heterocycles. The van der Waals surface area contributed by atoms with E-state index < -0.39 is 0 Å². The highest BCUT2D eigenvalue weighted by atomic mass is 35.5. The van der Waals surface area contributed by atoms with Crippen molar-refractivity contribution in [2.45, 2.75) is 18.7 Å². The minimum atomic E-state index is -0.230. The molecule has 0 radical (unpaired) electrons. The number of rotatable bonds is 7. The van der Waals surface area contributed by atoms with Crippen LogP contribution in [-0.2, 0) is 18.4 Å². The standard InChI is InChI=1S/C19H17Cl3N4O2S/c1-11-3-5-14(22)16(7-11)28-9-17-24-25-19(26(17)2)29-10-18(27)23-15-8-12(20)4-6-13(15)21/h3-8H,9-10H2,1-2H3,(H,23,27). The number of amides is 1. The predicted molar refractivity (Wildman–Crippen MR) is 117 cm³/mol. The Balaban J connectivity index is 1.57. The van der Waals surface area contributed by atoms with Crippen LogP contribution in [-0.4, -0.2) is 26.4 Å². The quantitative estimate of drug-likeness (QED) is 0.468. The van der Waals surface area contributed by atoms with Crippen LogP contribution in [0.2, 0.25) is 15.1 Å². The Morgan fingerprint density at radius 1 is 1.14 bits per heavy atom. The van der Waals surface area contributed by atoms with Crippen molar-refractivity contribution in [3.63, 3.8) is 0 Å². The van der Waals surface area contributed by atoms with E-state index in [-0.39, 0.29) is 18.3 Å². The van der Waals surface area contributed by atoms with Gasteiger partial charge in [-0.2, -0.15) is 0 Å². The van der Waals surface area contributed by atoms with Gasteiger partial charge >= 0.3 is 0 Å². The number of halogens is 3. The zero-order valence-electron chi connectivity index (χ0n) is 15.6. The first kappa shape index (κ1) is 21.8. The van der Waals surface area contributed by atoms with E-state index in [0.29, 0.717) is 37.5 Å². The summed E-state index contributed by atoms with van der Waals surface area (Å²) in [6.07, 6.45) is 0. The van der Waals surface area contributed by atoms with Gasteiger partial charge in [-0.1, -0.05) is 52.6 Å². The Bertz CT molecular complexity index is 1040. The average molecular weight is 472 g/mol. The van der Waals surface area contributed by atoms with Gasteiger partial charge in [-0.3, -0.25) is 4.79 Å². The molecular weight excluding hydrogens is 455 g/mol. The molecule has 0 saturated heterocycles. The summed E-state index contributed by atoms with van der Waals surface area (Å²) in [4.78, 5) is 12.2. The van der Waals surface area contributed by atoms with Gasteiger partial charge in [0, 0.05) is 12.1 Å². The Labute approximate surface area is 187 Å². The largest absolute Gasteiger partial charge is 0.484 e. The topological polar surface area (TPSA) is 69.0 Å². The molecule has 0 unspecified atom stereocenters. The summed E-state index contributed by atoms with van der Waals surface area (Å²) in [5, 5.41) is 13.0. The van der Waals surface area contributed by atoms with Crippen LogP contribution in [0.1, 0.15) is 11.4 Å². The van der Waals surface area contributed by atoms with Crippen LogP contribution in [0.5, 0.6) is 5.75 Å². The van der Waals surface area contributed by atoms with Gasteiger partial charge in [0.25, 0.3) is 0 Å². The Morgan fingerprint density at radius 2 is 1.90 bits per heavy atom. The van der Waals surface area contributed by atoms with Crippen molar-refractivity contribution in [3.8, 4) is 5.75 Å². The molecule has 2 aromatic carbocycles. The third kappa shape index (κ3) is 5.79. The van der Waals surface area contributed by atoms with Crippen molar-refractivity contribution < 1.29 is 9.53 Å². The number of hydrogen-bond acceptors (Lipinski definition) is 5. The summed E-state index contributed by atoms with van der Waals surface area (Å²) in [5.41, 5.74) is 1.51. The maximum absolute atomic E-state index is 12.2. The number of hydrogen-bond donors (Lipinski definition) is 1. The molecule has 1 amide bonds. The molecule has 0 atom stereocenters. The number of carbonyl (C=O) groups excluding carboxylic acids is 1. The van der Waals surface area contributed by atoms with Gasteiger partial charge in [-0.25, -0.2) is 0 Å². The van der Waals surface area contributed by atoms with Gasteiger partial charge in [0.1, 0.15) is 12.4 Å². The first-order valence-electron chi connectivity index (χ1n) is 8.48. The molecule has 3 rings (SSSR count). The maximum atomic E-state index is 12.2. The monoisotopic (exact) mass is 470 g/mol. The van der Waals surface area contributed by atoms with Crippen molar-refractivity contribution in [2.24, 2.45) is 7.05 Å². The highest BCUT2D eigenvalue weighted by Crippen LogP contribution is 2.27. The molecular formula is C19H17Cl3N4O2S. The molecule has 0 aliphatic carbocycles. The van der Waals surface area contributed by atoms with E-state index in [1.54, 1.807) is 28.8 Å². The molecule has 1 aromatic heterocycles. The van der Waals surface area contributed by atoms with Crippen LogP contribution in [0.4, 0.5) is 5.69 Å². The zero-order valence-corrected chi connectivity index (χ0v) is 18.7. The number of benzene rings is 2. The summed E-state index contributed by atoms with van der Waals surface area (Å²) in [7, 11) is 1.81. The van der Waals surface area contributed by atoms with Crippen LogP contribution < -0.4 is 10.1 Å². The second-order valence-corrected chi connectivity index (χ2v) is 8.33. The van der Waals surface area contributed by atoms with Crippen molar-refractivity contribution >= 4 is 58.2 Å². The molecule has 0 bridgehead atoms. The van der Waals surface area contributed by atoms with Crippen LogP contribution in [0.3, 0.4) is 0 Å². The molecule has 0 saturated carbocycles. The lowest BCUT2D eigenvalue weighted by atomic mass is 10.2. The molecule has 152 valence electrons. The van der Waals surface area contributed by atoms with Crippen molar-refractivity contribution in [3.05, 3.63) is 62.9 Å². The van der Waals surface area contributed by atoms with Gasteiger partial charge in [0.2, 0.25) is 5.91 Å². The maximum Gasteiger partial charge on any atom is 0.234 e. The minimum absolute atomic E-state index is 0.138. The van der Waals surface area contributed by atoms with E-state index in [9.17, 15) is 4.79 Å². The summed E-state index contributed by atoms with van der Waals surface area (Å²) < 4.78 is 7.53. The van der Waals surface area contributed by atoms with Crippen LogP contribution in [0.15, 0.2) is 41.6 Å². The Kier molecular flexibility index (Phi) is 7.29. The van der Waals surface area contributed by atoms with Crippen molar-refractivity contribution in [2.75, 3.05) is 11.1 Å². The summed E-state index contributed by atoms with van der Waals surface area (Å²) in [6.45, 7) is 2.17. The Hall–Kier alpha value is -1.93. The number of nitrogens with zero attached hydrogens (tertiary/aromatic N) is 3. The number of aryl methyl sites for hydroxylation is 1. The fourth-order valence-corrected chi connectivity index (χ4v) is 3.61. The second kappa shape index (κ2) is 9.71. The van der Waals surface area contributed by atoms with Gasteiger partial charge in [0.15, 0.2) is 11.0 Å². The van der Waals surface area contributed by atoms with E-state index in [2.05, 4.69) is 15.5 Å². The number of thioether (sulfide) groups is 1. The third-order valence-corrected chi connectivity index (χ3v) is 5.80. The lowest BCUT2D eigenvalue weighted by Crippen LogP contribution is -2.15. The number of ether oxygens (including phenoxy) is 1. The zero-order chi connectivity index (χ0) is 21.0. The number of nitrogens with one attached hydrogen (secondary N) is 1. The van der Waals surface area contributed by atoms with Crippen molar-refractivity contribution in [1.29, 1.82) is 0 Å². The summed E-state index contributed by atoms with van der Waals surface area (Å²) in [5.74, 6) is 1.11. The molecule has 0 fully saturated rings. The fraction of sp³-hybridized carbons (Fsp3) is 0.211. The number of aromatic nitrogens is 3. The lowest BCUT2D eigenvalue weighted by molar-refractivity contribution is -0.113. The molecule has 29 heavy (non-hydrogen) atoms. The SMILES string of the molecule is Cc1ccc(Cl)c(OCc2nnc(SCC(=O)Nc3cc(Cl)ccc3Cl)n2C)c1. The highest BCUT2D eigenvalue weighted by Gasteiger charge is 2.14. The fourth-order valence-electron chi connectivity index (χ4n) is 2.37. The lowest BCUT2D eigenvalue weighted by Gasteiger charge is -2.09. The second-order valence-electron chi connectivity index (χ2n) is 6.14. The van der Waals surface area contributed by atoms with Gasteiger partial charge in [-0.05, 0) is 42.8 Å². The van der Waals surface area contributed by atoms with E-state index in [4.69, 9.17) is 39.5 Å². The normalized spacial score (nSPS) is 10.8. The predicted octanol–water partition coefficient (Wildman–Crippen LogP) is 5.39. The van der Waals surface area contributed by atoms with E-state index in [1.165, 1.54) is 11.8 Å². The first-order valence-corrected chi connectivity index (χ1v) is 10.6. The van der Waals surface area contributed by atoms with Crippen molar-refractivity contribution in [1.82, 2.24) is 14.8 Å². The van der Waals surface area contributed by atoms with E-state index in [0.717, 1.165) is 5.56 Å². The van der Waals surface area contributed by atoms with Gasteiger partial charge in [0.05, 0.1) is 21.5 Å². The van der Waals surface area contributed by atoms with Gasteiger partial charge in [-0.15, -0.1) is 10.2 Å². The molecule has 0 aliphatic rings. The molecule has 0 aliphatic heterocycles. The average Bonchev–Trinajstić information content (AvgIpc) is 3.03. The minimum Gasteiger partial charge on any atom is -0.484 e. The molecule has 0 spiro atoms. The Morgan fingerprint density at radius 3 is 2.69 bits per heavy atom. The van der Waals surface area contributed by atoms with Gasteiger partial charge < -0.3 is 14.6 Å². The first-order chi connectivity index (χ1) is 13.8. The number of carbonyl (C=O) groups is 1. The van der Waals surface area contributed by atoms with Crippen LogP contribution in [0.25, 0.3) is 0 Å². The molecule has 6 nitrogen and oxygen atoms in total. The summed E-state index contributed by atoms with van der Waals surface area (Å²) in [6, 6.07) is 10.4. The van der Waals surface area contributed by atoms with Crippen LogP contribution >= 0.6 is 46.6 Å². The molecule has 10 heteroatoms. The summed E-state index contributed by atoms with van der Waals surface area (Å²) >= 11 is 19.4. The number of anilines is 1. The van der Waals surface area contributed by atoms with E-state index in [1.807, 2.05) is 26.1 Å².